The fourth-order valence-corrected chi connectivity index (χ4v) is 7.35. The van der Waals surface area contributed by atoms with Gasteiger partial charge < -0.3 is 0 Å². The highest BCUT2D eigenvalue weighted by Gasteiger charge is 2.47. The van der Waals surface area contributed by atoms with E-state index in [4.69, 9.17) is 12.6 Å². The number of hydrogen-bond acceptors (Lipinski definition) is 1. The average Bonchev–Trinajstić information content (AvgIpc) is 3.30. The van der Waals surface area contributed by atoms with Crippen LogP contribution in [0.15, 0.2) is 0 Å². The molecule has 1 heteroatoms. The molecule has 0 radical (unpaired) electrons. The zero-order valence-corrected chi connectivity index (χ0v) is 17.1. The summed E-state index contributed by atoms with van der Waals surface area (Å²) >= 11 is 5.25. The Morgan fingerprint density at radius 1 is 0.958 bits per heavy atom. The predicted octanol–water partition coefficient (Wildman–Crippen LogP) is 7.13. The highest BCUT2D eigenvalue weighted by atomic mass is 32.1. The lowest BCUT2D eigenvalue weighted by Gasteiger charge is -2.51. The summed E-state index contributed by atoms with van der Waals surface area (Å²) < 4.78 is 0.372. The number of rotatable bonds is 7. The molecule has 5 unspecified atom stereocenters. The van der Waals surface area contributed by atoms with Crippen molar-refractivity contribution >= 4 is 12.6 Å². The lowest BCUT2D eigenvalue weighted by molar-refractivity contribution is 0.0171. The molecule has 0 aromatic rings. The first-order valence-corrected chi connectivity index (χ1v) is 11.8. The van der Waals surface area contributed by atoms with Gasteiger partial charge in [-0.3, -0.25) is 0 Å². The summed E-state index contributed by atoms with van der Waals surface area (Å²) in [6, 6.07) is 0. The first kappa shape index (κ1) is 17.7. The van der Waals surface area contributed by atoms with Crippen LogP contribution in [-0.4, -0.2) is 4.75 Å². The molecule has 4 rings (SSSR count). The van der Waals surface area contributed by atoms with Crippen LogP contribution in [0.2, 0.25) is 0 Å². The van der Waals surface area contributed by atoms with Crippen LogP contribution in [0.1, 0.15) is 97.3 Å². The smallest absolute Gasteiger partial charge is 0.0132 e. The SMILES string of the molecule is CCCC1(S)CCC(C2CC[C@H]2C)C(CC(C2CCC2)C2CC2)C1. The van der Waals surface area contributed by atoms with Gasteiger partial charge in [-0.05, 0) is 92.8 Å². The summed E-state index contributed by atoms with van der Waals surface area (Å²) in [6.07, 6.45) is 19.3. The maximum Gasteiger partial charge on any atom is 0.0132 e. The van der Waals surface area contributed by atoms with Crippen molar-refractivity contribution in [3.63, 3.8) is 0 Å². The predicted molar refractivity (Wildman–Crippen MR) is 108 cm³/mol. The third-order valence-electron chi connectivity index (χ3n) is 8.70. The summed E-state index contributed by atoms with van der Waals surface area (Å²) in [4.78, 5) is 0. The first-order valence-electron chi connectivity index (χ1n) is 11.3. The van der Waals surface area contributed by atoms with E-state index in [1.807, 2.05) is 0 Å². The maximum atomic E-state index is 5.25. The molecule has 0 nitrogen and oxygen atoms in total. The van der Waals surface area contributed by atoms with Gasteiger partial charge in [-0.15, -0.1) is 0 Å². The summed E-state index contributed by atoms with van der Waals surface area (Å²) in [5, 5.41) is 0. The van der Waals surface area contributed by atoms with Crippen molar-refractivity contribution in [3.05, 3.63) is 0 Å². The quantitative estimate of drug-likeness (QED) is 0.465. The second kappa shape index (κ2) is 7.16. The van der Waals surface area contributed by atoms with Crippen LogP contribution < -0.4 is 0 Å². The third-order valence-corrected chi connectivity index (χ3v) is 9.33. The van der Waals surface area contributed by atoms with Gasteiger partial charge in [-0.25, -0.2) is 0 Å². The molecule has 0 aliphatic heterocycles. The zero-order chi connectivity index (χ0) is 16.7. The molecular weight excluding hydrogens is 308 g/mol. The molecule has 0 aromatic heterocycles. The molecule has 6 atom stereocenters. The van der Waals surface area contributed by atoms with Gasteiger partial charge in [0.05, 0.1) is 0 Å². The molecule has 0 N–H and O–H groups in total. The van der Waals surface area contributed by atoms with E-state index in [0.29, 0.717) is 4.75 Å². The van der Waals surface area contributed by atoms with Crippen LogP contribution in [0.4, 0.5) is 0 Å². The standard InChI is InChI=1S/C23H40S/c1-3-12-23(24)13-11-21(20-10-7-16(20)2)19(15-23)14-22(18-8-9-18)17-5-4-6-17/h16-22,24H,3-15H2,1-2H3/t16-,19?,20?,21?,22?,23?/m1/s1. The van der Waals surface area contributed by atoms with E-state index in [2.05, 4.69) is 13.8 Å². The van der Waals surface area contributed by atoms with Gasteiger partial charge in [0.1, 0.15) is 0 Å². The molecule has 24 heavy (non-hydrogen) atoms. The van der Waals surface area contributed by atoms with E-state index in [0.717, 1.165) is 41.4 Å². The first-order chi connectivity index (χ1) is 11.6. The van der Waals surface area contributed by atoms with Gasteiger partial charge in [-0.2, -0.15) is 12.6 Å². The van der Waals surface area contributed by atoms with Crippen molar-refractivity contribution in [3.8, 4) is 0 Å². The third kappa shape index (κ3) is 3.58. The molecule has 138 valence electrons. The van der Waals surface area contributed by atoms with Gasteiger partial charge in [0.2, 0.25) is 0 Å². The lowest BCUT2D eigenvalue weighted by atomic mass is 9.56. The van der Waals surface area contributed by atoms with E-state index in [-0.39, 0.29) is 0 Å². The minimum absolute atomic E-state index is 0.372. The second-order valence-electron chi connectivity index (χ2n) is 10.3. The van der Waals surface area contributed by atoms with Crippen molar-refractivity contribution in [2.75, 3.05) is 0 Å². The van der Waals surface area contributed by atoms with E-state index in [1.165, 1.54) is 51.4 Å². The van der Waals surface area contributed by atoms with Gasteiger partial charge in [0.15, 0.2) is 0 Å². The Kier molecular flexibility index (Phi) is 5.30. The fourth-order valence-electron chi connectivity index (χ4n) is 6.77. The molecule has 0 saturated heterocycles. The number of hydrogen-bond donors (Lipinski definition) is 1. The summed E-state index contributed by atoms with van der Waals surface area (Å²) in [7, 11) is 0. The largest absolute Gasteiger partial charge is 0.172 e. The normalized spacial score (nSPS) is 44.6. The molecule has 4 fully saturated rings. The Bertz CT molecular complexity index is 424. The molecule has 0 spiro atoms. The van der Waals surface area contributed by atoms with Gasteiger partial charge in [0, 0.05) is 4.75 Å². The van der Waals surface area contributed by atoms with Crippen molar-refractivity contribution in [1.29, 1.82) is 0 Å². The van der Waals surface area contributed by atoms with E-state index >= 15 is 0 Å². The van der Waals surface area contributed by atoms with Crippen molar-refractivity contribution in [2.24, 2.45) is 41.4 Å². The highest BCUT2D eigenvalue weighted by molar-refractivity contribution is 7.81. The minimum atomic E-state index is 0.372. The van der Waals surface area contributed by atoms with Gasteiger partial charge in [-0.1, -0.05) is 46.0 Å². The minimum Gasteiger partial charge on any atom is -0.172 e. The molecule has 0 aromatic carbocycles. The van der Waals surface area contributed by atoms with Crippen LogP contribution in [0.3, 0.4) is 0 Å². The second-order valence-corrected chi connectivity index (χ2v) is 11.2. The molecule has 0 heterocycles. The molecule has 4 aliphatic carbocycles. The van der Waals surface area contributed by atoms with Crippen LogP contribution in [0.5, 0.6) is 0 Å². The Balaban J connectivity index is 1.47. The Morgan fingerprint density at radius 2 is 1.71 bits per heavy atom. The van der Waals surface area contributed by atoms with E-state index < -0.39 is 0 Å². The summed E-state index contributed by atoms with van der Waals surface area (Å²) in [6.45, 7) is 4.89. The van der Waals surface area contributed by atoms with Crippen LogP contribution in [-0.2, 0) is 0 Å². The van der Waals surface area contributed by atoms with Crippen LogP contribution >= 0.6 is 12.6 Å². The Hall–Kier alpha value is 0.350. The lowest BCUT2D eigenvalue weighted by Crippen LogP contribution is -2.43. The molecular formula is C23H40S. The number of thiol groups is 1. The molecule has 4 aliphatic rings. The van der Waals surface area contributed by atoms with Crippen molar-refractivity contribution in [2.45, 2.75) is 102 Å². The zero-order valence-electron chi connectivity index (χ0n) is 16.2. The van der Waals surface area contributed by atoms with Crippen LogP contribution in [0.25, 0.3) is 0 Å². The van der Waals surface area contributed by atoms with Crippen molar-refractivity contribution < 1.29 is 0 Å². The maximum absolute atomic E-state index is 5.25. The van der Waals surface area contributed by atoms with E-state index in [1.54, 1.807) is 32.1 Å². The van der Waals surface area contributed by atoms with E-state index in [9.17, 15) is 0 Å². The Morgan fingerprint density at radius 3 is 2.21 bits per heavy atom. The topological polar surface area (TPSA) is 0 Å². The Labute approximate surface area is 156 Å². The summed E-state index contributed by atoms with van der Waals surface area (Å²) in [5.74, 6) is 7.46. The monoisotopic (exact) mass is 348 g/mol. The highest BCUT2D eigenvalue weighted by Crippen LogP contribution is 2.56. The van der Waals surface area contributed by atoms with Gasteiger partial charge >= 0.3 is 0 Å². The molecule has 0 amide bonds. The fraction of sp³-hybridized carbons (Fsp3) is 1.00. The molecule has 4 saturated carbocycles. The van der Waals surface area contributed by atoms with Gasteiger partial charge in [0.25, 0.3) is 0 Å². The molecule has 0 bridgehead atoms. The van der Waals surface area contributed by atoms with Crippen LogP contribution in [0, 0.1) is 41.4 Å². The van der Waals surface area contributed by atoms with Crippen molar-refractivity contribution in [1.82, 2.24) is 0 Å². The summed E-state index contributed by atoms with van der Waals surface area (Å²) in [5.41, 5.74) is 0. The average molecular weight is 349 g/mol.